The number of amides is 2. The Morgan fingerprint density at radius 1 is 1.26 bits per heavy atom. The van der Waals surface area contributed by atoms with E-state index in [4.69, 9.17) is 4.74 Å². The highest BCUT2D eigenvalue weighted by Crippen LogP contribution is 2.15. The molecule has 2 amide bonds. The molecule has 1 aromatic carbocycles. The molecular formula is C18H27N3O5S. The summed E-state index contributed by atoms with van der Waals surface area (Å²) < 4.78 is 32.0. The standard InChI is InChI=1S/C18H27N3O5S/c1-4-26-18(23)21-10-8-15(9-11-21)19-17(22)14-6-5-7-16(12-14)27(24,25)20-13(2)3/h5-7,12-13,15,20H,4,8-11H2,1-3H3,(H,19,22). The number of sulfonamides is 1. The van der Waals surface area contributed by atoms with Crippen molar-refractivity contribution in [3.05, 3.63) is 29.8 Å². The molecule has 1 heterocycles. The number of carbonyl (C=O) groups excluding carboxylic acids is 2. The Hall–Kier alpha value is -2.13. The molecule has 0 aliphatic carbocycles. The molecule has 2 N–H and O–H groups in total. The molecule has 1 aromatic rings. The number of carbonyl (C=O) groups is 2. The van der Waals surface area contributed by atoms with Gasteiger partial charge in [-0.3, -0.25) is 4.79 Å². The maximum atomic E-state index is 12.5. The van der Waals surface area contributed by atoms with E-state index in [9.17, 15) is 18.0 Å². The molecule has 27 heavy (non-hydrogen) atoms. The lowest BCUT2D eigenvalue weighted by Crippen LogP contribution is -2.46. The lowest BCUT2D eigenvalue weighted by molar-refractivity contribution is 0.0860. The van der Waals surface area contributed by atoms with E-state index in [1.165, 1.54) is 12.1 Å². The van der Waals surface area contributed by atoms with E-state index < -0.39 is 10.0 Å². The van der Waals surface area contributed by atoms with Gasteiger partial charge in [-0.15, -0.1) is 0 Å². The minimum absolute atomic E-state index is 0.0565. The molecule has 1 aliphatic heterocycles. The summed E-state index contributed by atoms with van der Waals surface area (Å²) >= 11 is 0. The van der Waals surface area contributed by atoms with Crippen molar-refractivity contribution in [2.75, 3.05) is 19.7 Å². The van der Waals surface area contributed by atoms with E-state index in [0.29, 0.717) is 32.5 Å². The van der Waals surface area contributed by atoms with Crippen molar-refractivity contribution >= 4 is 22.0 Å². The molecule has 0 unspecified atom stereocenters. The first-order valence-electron chi connectivity index (χ1n) is 9.08. The zero-order valence-corrected chi connectivity index (χ0v) is 16.7. The topological polar surface area (TPSA) is 105 Å². The van der Waals surface area contributed by atoms with Gasteiger partial charge in [-0.25, -0.2) is 17.9 Å². The number of piperidine rings is 1. The number of ether oxygens (including phenoxy) is 1. The monoisotopic (exact) mass is 397 g/mol. The molecule has 2 rings (SSSR count). The Labute approximate surface area is 160 Å². The summed E-state index contributed by atoms with van der Waals surface area (Å²) in [4.78, 5) is 25.9. The van der Waals surface area contributed by atoms with Gasteiger partial charge >= 0.3 is 6.09 Å². The molecule has 0 spiro atoms. The molecule has 1 fully saturated rings. The fourth-order valence-corrected chi connectivity index (χ4v) is 4.17. The van der Waals surface area contributed by atoms with E-state index in [2.05, 4.69) is 10.0 Å². The number of hydrogen-bond acceptors (Lipinski definition) is 5. The highest BCUT2D eigenvalue weighted by Gasteiger charge is 2.25. The van der Waals surface area contributed by atoms with Crippen LogP contribution in [-0.2, 0) is 14.8 Å². The third-order valence-electron chi connectivity index (χ3n) is 4.15. The first kappa shape index (κ1) is 21.2. The molecule has 0 saturated carbocycles. The van der Waals surface area contributed by atoms with Crippen LogP contribution >= 0.6 is 0 Å². The van der Waals surface area contributed by atoms with Crippen LogP contribution in [0.5, 0.6) is 0 Å². The van der Waals surface area contributed by atoms with Gasteiger partial charge in [-0.1, -0.05) is 6.07 Å². The van der Waals surface area contributed by atoms with Gasteiger partial charge in [0.05, 0.1) is 11.5 Å². The van der Waals surface area contributed by atoms with E-state index in [0.717, 1.165) is 0 Å². The Balaban J connectivity index is 1.97. The zero-order valence-electron chi connectivity index (χ0n) is 15.9. The predicted molar refractivity (Wildman–Crippen MR) is 101 cm³/mol. The van der Waals surface area contributed by atoms with E-state index in [-0.39, 0.29) is 34.5 Å². The zero-order chi connectivity index (χ0) is 20.0. The Morgan fingerprint density at radius 2 is 1.93 bits per heavy atom. The largest absolute Gasteiger partial charge is 0.450 e. The predicted octanol–water partition coefficient (Wildman–Crippen LogP) is 1.72. The van der Waals surface area contributed by atoms with E-state index in [1.54, 1.807) is 37.8 Å². The summed E-state index contributed by atoms with van der Waals surface area (Å²) in [7, 11) is -3.66. The molecule has 1 aliphatic rings. The second-order valence-corrected chi connectivity index (χ2v) is 8.45. The van der Waals surface area contributed by atoms with Crippen LogP contribution in [0.1, 0.15) is 44.0 Å². The van der Waals surface area contributed by atoms with Crippen molar-refractivity contribution in [1.82, 2.24) is 14.9 Å². The Kier molecular flexibility index (Phi) is 7.20. The van der Waals surface area contributed by atoms with Crippen molar-refractivity contribution in [2.45, 2.75) is 50.6 Å². The average Bonchev–Trinajstić information content (AvgIpc) is 2.61. The quantitative estimate of drug-likeness (QED) is 0.761. The van der Waals surface area contributed by atoms with Crippen molar-refractivity contribution < 1.29 is 22.7 Å². The lowest BCUT2D eigenvalue weighted by atomic mass is 10.0. The van der Waals surface area contributed by atoms with Crippen LogP contribution in [0.2, 0.25) is 0 Å². The summed E-state index contributed by atoms with van der Waals surface area (Å²) in [6, 6.07) is 5.65. The Bertz CT molecular complexity index is 771. The molecule has 0 radical (unpaired) electrons. The molecule has 0 aromatic heterocycles. The third kappa shape index (κ3) is 5.93. The fourth-order valence-electron chi connectivity index (χ4n) is 2.87. The second kappa shape index (κ2) is 9.18. The SMILES string of the molecule is CCOC(=O)N1CCC(NC(=O)c2cccc(S(=O)(=O)NC(C)C)c2)CC1. The summed E-state index contributed by atoms with van der Waals surface area (Å²) in [6.45, 7) is 6.58. The summed E-state index contributed by atoms with van der Waals surface area (Å²) in [5.74, 6) is -0.328. The molecule has 8 nitrogen and oxygen atoms in total. The molecule has 9 heteroatoms. The smallest absolute Gasteiger partial charge is 0.409 e. The number of hydrogen-bond donors (Lipinski definition) is 2. The number of likely N-dealkylation sites (tertiary alicyclic amines) is 1. The van der Waals surface area contributed by atoms with Gasteiger partial charge in [0.2, 0.25) is 10.0 Å². The number of nitrogens with one attached hydrogen (secondary N) is 2. The molecule has 1 saturated heterocycles. The normalized spacial score (nSPS) is 15.6. The third-order valence-corrected chi connectivity index (χ3v) is 5.81. The van der Waals surface area contributed by atoms with Gasteiger partial charge in [0.15, 0.2) is 0 Å². The van der Waals surface area contributed by atoms with Gasteiger partial charge < -0.3 is 15.0 Å². The van der Waals surface area contributed by atoms with Crippen LogP contribution in [0.15, 0.2) is 29.2 Å². The van der Waals surface area contributed by atoms with Gasteiger partial charge in [-0.2, -0.15) is 0 Å². The first-order chi connectivity index (χ1) is 12.7. The highest BCUT2D eigenvalue weighted by molar-refractivity contribution is 7.89. The first-order valence-corrected chi connectivity index (χ1v) is 10.6. The fraction of sp³-hybridized carbons (Fsp3) is 0.556. The average molecular weight is 397 g/mol. The highest BCUT2D eigenvalue weighted by atomic mass is 32.2. The molecule has 0 bridgehead atoms. The second-order valence-electron chi connectivity index (χ2n) is 6.74. The Morgan fingerprint density at radius 3 is 2.52 bits per heavy atom. The molecular weight excluding hydrogens is 370 g/mol. The van der Waals surface area contributed by atoms with Gasteiger partial charge in [0.1, 0.15) is 0 Å². The summed E-state index contributed by atoms with van der Waals surface area (Å²) in [6.07, 6.45) is 0.910. The van der Waals surface area contributed by atoms with Crippen LogP contribution in [0.25, 0.3) is 0 Å². The van der Waals surface area contributed by atoms with Gasteiger partial charge in [-0.05, 0) is 51.8 Å². The van der Waals surface area contributed by atoms with Crippen molar-refractivity contribution in [2.24, 2.45) is 0 Å². The van der Waals surface area contributed by atoms with E-state index in [1.807, 2.05) is 0 Å². The van der Waals surface area contributed by atoms with Crippen LogP contribution in [0, 0.1) is 0 Å². The van der Waals surface area contributed by atoms with Crippen LogP contribution in [0.4, 0.5) is 4.79 Å². The molecule has 150 valence electrons. The van der Waals surface area contributed by atoms with Crippen LogP contribution in [0.3, 0.4) is 0 Å². The number of benzene rings is 1. The van der Waals surface area contributed by atoms with Gasteiger partial charge in [0.25, 0.3) is 5.91 Å². The van der Waals surface area contributed by atoms with Crippen LogP contribution < -0.4 is 10.0 Å². The summed E-state index contributed by atoms with van der Waals surface area (Å²) in [5, 5.41) is 2.91. The lowest BCUT2D eigenvalue weighted by Gasteiger charge is -2.31. The maximum Gasteiger partial charge on any atom is 0.409 e. The van der Waals surface area contributed by atoms with Crippen molar-refractivity contribution in [3.63, 3.8) is 0 Å². The summed E-state index contributed by atoms with van der Waals surface area (Å²) in [5.41, 5.74) is 0.287. The van der Waals surface area contributed by atoms with Gasteiger partial charge in [0, 0.05) is 30.7 Å². The van der Waals surface area contributed by atoms with E-state index >= 15 is 0 Å². The minimum atomic E-state index is -3.66. The number of nitrogens with zero attached hydrogens (tertiary/aromatic N) is 1. The molecule has 0 atom stereocenters. The maximum absolute atomic E-state index is 12.5. The minimum Gasteiger partial charge on any atom is -0.450 e. The number of rotatable bonds is 6. The van der Waals surface area contributed by atoms with Crippen molar-refractivity contribution in [1.29, 1.82) is 0 Å². The van der Waals surface area contributed by atoms with Crippen molar-refractivity contribution in [3.8, 4) is 0 Å². The van der Waals surface area contributed by atoms with Crippen LogP contribution in [-0.4, -0.2) is 57.1 Å².